The van der Waals surface area contributed by atoms with E-state index in [9.17, 15) is 0 Å². The molecule has 2 aromatic rings. The van der Waals surface area contributed by atoms with Gasteiger partial charge in [-0.05, 0) is 50.8 Å². The predicted octanol–water partition coefficient (Wildman–Crippen LogP) is 3.33. The number of aliphatic imine (C=N–C) groups is 1. The van der Waals surface area contributed by atoms with Crippen LogP contribution in [0.4, 0.5) is 0 Å². The molecule has 7 nitrogen and oxygen atoms in total. The molecule has 2 N–H and O–H groups in total. The predicted molar refractivity (Wildman–Crippen MR) is 111 cm³/mol. The number of hydrogen-bond donors (Lipinski definition) is 2. The maximum Gasteiger partial charge on any atom is 0.191 e. The molecule has 28 heavy (non-hydrogen) atoms. The molecular weight excluding hydrogens is 356 g/mol. The summed E-state index contributed by atoms with van der Waals surface area (Å²) in [6, 6.07) is 8.04. The Balaban J connectivity index is 1.83. The molecule has 2 rings (SSSR count). The Morgan fingerprint density at radius 1 is 1.14 bits per heavy atom. The van der Waals surface area contributed by atoms with Gasteiger partial charge in [-0.1, -0.05) is 18.1 Å². The summed E-state index contributed by atoms with van der Waals surface area (Å²) in [4.78, 5) is 4.56. The van der Waals surface area contributed by atoms with Gasteiger partial charge in [0, 0.05) is 19.2 Å². The van der Waals surface area contributed by atoms with Crippen LogP contribution in [0.1, 0.15) is 44.2 Å². The Hall–Kier alpha value is -2.70. The summed E-state index contributed by atoms with van der Waals surface area (Å²) in [5, 5.41) is 10.6. The van der Waals surface area contributed by atoms with Crippen LogP contribution in [0.2, 0.25) is 0 Å². The molecule has 0 bridgehead atoms. The van der Waals surface area contributed by atoms with Crippen molar-refractivity contribution < 1.29 is 14.0 Å². The summed E-state index contributed by atoms with van der Waals surface area (Å²) in [6.07, 6.45) is 2.78. The molecule has 0 amide bonds. The highest BCUT2D eigenvalue weighted by atomic mass is 16.5. The Kier molecular flexibility index (Phi) is 9.18. The third kappa shape index (κ3) is 6.79. The summed E-state index contributed by atoms with van der Waals surface area (Å²) >= 11 is 0. The van der Waals surface area contributed by atoms with Gasteiger partial charge < -0.3 is 24.6 Å². The number of rotatable bonds is 11. The molecule has 0 aliphatic carbocycles. The van der Waals surface area contributed by atoms with Crippen LogP contribution in [0.15, 0.2) is 33.8 Å². The smallest absolute Gasteiger partial charge is 0.191 e. The van der Waals surface area contributed by atoms with Crippen molar-refractivity contribution in [2.75, 3.05) is 26.8 Å². The van der Waals surface area contributed by atoms with Gasteiger partial charge >= 0.3 is 0 Å². The van der Waals surface area contributed by atoms with Gasteiger partial charge in [0.2, 0.25) is 0 Å². The first kappa shape index (κ1) is 21.6. The minimum Gasteiger partial charge on any atom is -0.493 e. The lowest BCUT2D eigenvalue weighted by atomic mass is 10.1. The molecule has 1 aromatic heterocycles. The standard InChI is InChI=1S/C21H32N4O3/c1-5-17-14-18(28-25-17)15-24-21(22-6-2)23-12-8-9-16-10-11-19(26-4)20(13-16)27-7-3/h10-11,13-14H,5-9,12,15H2,1-4H3,(H2,22,23,24). The molecule has 0 aliphatic rings. The number of aromatic nitrogens is 1. The Labute approximate surface area is 167 Å². The van der Waals surface area contributed by atoms with Gasteiger partial charge in [0.25, 0.3) is 0 Å². The third-order valence-corrected chi connectivity index (χ3v) is 4.17. The van der Waals surface area contributed by atoms with Gasteiger partial charge in [-0.3, -0.25) is 0 Å². The van der Waals surface area contributed by atoms with E-state index in [2.05, 4.69) is 39.8 Å². The van der Waals surface area contributed by atoms with Crippen molar-refractivity contribution in [3.05, 3.63) is 41.3 Å². The zero-order valence-electron chi connectivity index (χ0n) is 17.4. The molecular formula is C21H32N4O3. The highest BCUT2D eigenvalue weighted by Gasteiger charge is 2.06. The van der Waals surface area contributed by atoms with E-state index in [1.165, 1.54) is 5.56 Å². The molecule has 154 valence electrons. The molecule has 0 fully saturated rings. The van der Waals surface area contributed by atoms with E-state index in [4.69, 9.17) is 14.0 Å². The van der Waals surface area contributed by atoms with E-state index in [1.54, 1.807) is 7.11 Å². The van der Waals surface area contributed by atoms with E-state index >= 15 is 0 Å². The van der Waals surface area contributed by atoms with Crippen molar-refractivity contribution in [1.82, 2.24) is 15.8 Å². The number of methoxy groups -OCH3 is 1. The number of benzene rings is 1. The van der Waals surface area contributed by atoms with Crippen LogP contribution >= 0.6 is 0 Å². The molecule has 1 aromatic carbocycles. The first-order chi connectivity index (χ1) is 13.7. The van der Waals surface area contributed by atoms with Crippen molar-refractivity contribution in [3.63, 3.8) is 0 Å². The van der Waals surface area contributed by atoms with Crippen LogP contribution in [0.5, 0.6) is 11.5 Å². The molecule has 0 saturated heterocycles. The zero-order valence-corrected chi connectivity index (χ0v) is 17.4. The molecule has 0 spiro atoms. The summed E-state index contributed by atoms with van der Waals surface area (Å²) < 4.78 is 16.3. The minimum atomic E-state index is 0.471. The highest BCUT2D eigenvalue weighted by molar-refractivity contribution is 5.79. The maximum absolute atomic E-state index is 5.65. The average Bonchev–Trinajstić information content (AvgIpc) is 3.18. The lowest BCUT2D eigenvalue weighted by molar-refractivity contribution is 0.310. The van der Waals surface area contributed by atoms with Crippen LogP contribution in [0, 0.1) is 0 Å². The van der Waals surface area contributed by atoms with Crippen LogP contribution in [0.25, 0.3) is 0 Å². The van der Waals surface area contributed by atoms with E-state index < -0.39 is 0 Å². The number of ether oxygens (including phenoxy) is 2. The van der Waals surface area contributed by atoms with Crippen LogP contribution in [-0.2, 0) is 19.4 Å². The first-order valence-electron chi connectivity index (χ1n) is 9.96. The zero-order chi connectivity index (χ0) is 20.2. The maximum atomic E-state index is 5.65. The van der Waals surface area contributed by atoms with Gasteiger partial charge in [0.05, 0.1) is 19.4 Å². The second kappa shape index (κ2) is 11.9. The lowest BCUT2D eigenvalue weighted by Crippen LogP contribution is -2.37. The summed E-state index contributed by atoms with van der Waals surface area (Å²) in [6.45, 7) is 8.79. The number of guanidine groups is 1. The second-order valence-electron chi connectivity index (χ2n) is 6.28. The van der Waals surface area contributed by atoms with E-state index in [-0.39, 0.29) is 0 Å². The topological polar surface area (TPSA) is 80.9 Å². The fourth-order valence-corrected chi connectivity index (χ4v) is 2.74. The number of aryl methyl sites for hydroxylation is 2. The van der Waals surface area contributed by atoms with E-state index in [0.717, 1.165) is 61.3 Å². The summed E-state index contributed by atoms with van der Waals surface area (Å²) in [5.74, 6) is 3.12. The van der Waals surface area contributed by atoms with Crippen LogP contribution in [0.3, 0.4) is 0 Å². The van der Waals surface area contributed by atoms with Crippen LogP contribution < -0.4 is 20.1 Å². The number of hydrogen-bond acceptors (Lipinski definition) is 5. The van der Waals surface area contributed by atoms with E-state index in [0.29, 0.717) is 13.2 Å². The number of nitrogens with zero attached hydrogens (tertiary/aromatic N) is 2. The van der Waals surface area contributed by atoms with Gasteiger partial charge in [0.15, 0.2) is 23.2 Å². The Bertz CT molecular complexity index is 743. The van der Waals surface area contributed by atoms with E-state index in [1.807, 2.05) is 26.0 Å². The third-order valence-electron chi connectivity index (χ3n) is 4.17. The van der Waals surface area contributed by atoms with Crippen LogP contribution in [-0.4, -0.2) is 37.9 Å². The molecule has 0 aliphatic heterocycles. The van der Waals surface area contributed by atoms with Gasteiger partial charge in [-0.2, -0.15) is 0 Å². The number of nitrogens with one attached hydrogen (secondary N) is 2. The van der Waals surface area contributed by atoms with Gasteiger partial charge in [-0.15, -0.1) is 0 Å². The van der Waals surface area contributed by atoms with Crippen molar-refractivity contribution in [2.24, 2.45) is 4.99 Å². The normalized spacial score (nSPS) is 11.4. The van der Waals surface area contributed by atoms with Crippen molar-refractivity contribution in [3.8, 4) is 11.5 Å². The fraction of sp³-hybridized carbons (Fsp3) is 0.524. The fourth-order valence-electron chi connectivity index (χ4n) is 2.74. The lowest BCUT2D eigenvalue weighted by Gasteiger charge is -2.12. The molecule has 7 heteroatoms. The molecule has 0 radical (unpaired) electrons. The monoisotopic (exact) mass is 388 g/mol. The molecule has 0 atom stereocenters. The second-order valence-corrected chi connectivity index (χ2v) is 6.28. The van der Waals surface area contributed by atoms with Gasteiger partial charge in [-0.25, -0.2) is 4.99 Å². The largest absolute Gasteiger partial charge is 0.493 e. The van der Waals surface area contributed by atoms with Gasteiger partial charge in [0.1, 0.15) is 6.54 Å². The molecule has 0 unspecified atom stereocenters. The molecule has 1 heterocycles. The molecule has 0 saturated carbocycles. The highest BCUT2D eigenvalue weighted by Crippen LogP contribution is 2.28. The van der Waals surface area contributed by atoms with Crippen molar-refractivity contribution in [1.29, 1.82) is 0 Å². The Morgan fingerprint density at radius 3 is 2.68 bits per heavy atom. The minimum absolute atomic E-state index is 0.471. The summed E-state index contributed by atoms with van der Waals surface area (Å²) in [5.41, 5.74) is 2.18. The van der Waals surface area contributed by atoms with Crippen molar-refractivity contribution >= 4 is 5.96 Å². The SMILES string of the molecule is CCNC(=NCc1cc(CC)no1)NCCCc1ccc(OC)c(OCC)c1. The Morgan fingerprint density at radius 2 is 2.00 bits per heavy atom. The first-order valence-corrected chi connectivity index (χ1v) is 9.96. The average molecular weight is 389 g/mol. The quantitative estimate of drug-likeness (QED) is 0.349. The summed E-state index contributed by atoms with van der Waals surface area (Å²) in [7, 11) is 1.66. The van der Waals surface area contributed by atoms with Crippen molar-refractivity contribution in [2.45, 2.75) is 46.6 Å².